The molecule has 3 nitrogen and oxygen atoms in total. The fraction of sp³-hybridized carbons (Fsp3) is 0.300. The minimum atomic E-state index is -4.52. The Bertz CT molecular complexity index is 351. The van der Waals surface area contributed by atoms with Crippen LogP contribution in [0.3, 0.4) is 0 Å². The predicted molar refractivity (Wildman–Crippen MR) is 50.9 cm³/mol. The second-order valence-corrected chi connectivity index (χ2v) is 3.16. The third-order valence-electron chi connectivity index (χ3n) is 1.92. The Kier molecular flexibility index (Phi) is 3.89. The highest BCUT2D eigenvalue weighted by atomic mass is 19.4. The Morgan fingerprint density at radius 2 is 1.88 bits per heavy atom. The zero-order chi connectivity index (χ0) is 12.2. The molecule has 0 saturated heterocycles. The van der Waals surface area contributed by atoms with Crippen LogP contribution >= 0.6 is 0 Å². The summed E-state index contributed by atoms with van der Waals surface area (Å²) in [6.07, 6.45) is -4.52. The fourth-order valence-electron chi connectivity index (χ4n) is 1.26. The molecule has 1 aromatic carbocycles. The first-order valence-electron chi connectivity index (χ1n) is 4.48. The molecule has 1 atom stereocenters. The lowest BCUT2D eigenvalue weighted by molar-refractivity contribution is -0.159. The fourth-order valence-corrected chi connectivity index (χ4v) is 1.26. The predicted octanol–water partition coefficient (Wildman–Crippen LogP) is 1.96. The second kappa shape index (κ2) is 4.98. The number of hydrogen-bond acceptors (Lipinski definition) is 2. The van der Waals surface area contributed by atoms with E-state index in [0.29, 0.717) is 0 Å². The van der Waals surface area contributed by atoms with Gasteiger partial charge in [0, 0.05) is 0 Å². The highest BCUT2D eigenvalue weighted by Gasteiger charge is 2.40. The van der Waals surface area contributed by atoms with Gasteiger partial charge in [0.2, 0.25) is 0 Å². The number of rotatable bonds is 4. The molecule has 2 N–H and O–H groups in total. The molecule has 1 aromatic rings. The van der Waals surface area contributed by atoms with Gasteiger partial charge in [0.15, 0.2) is 0 Å². The van der Waals surface area contributed by atoms with Crippen LogP contribution in [0, 0.1) is 0 Å². The maximum Gasteiger partial charge on any atom is 0.407 e. The summed E-state index contributed by atoms with van der Waals surface area (Å²) in [7, 11) is 0. The SMILES string of the molecule is O=C(O)CN[C@@H](c1ccccc1)C(F)(F)F. The van der Waals surface area contributed by atoms with Crippen LogP contribution in [-0.4, -0.2) is 23.8 Å². The lowest BCUT2D eigenvalue weighted by Crippen LogP contribution is -2.37. The highest BCUT2D eigenvalue weighted by molar-refractivity contribution is 5.69. The summed E-state index contributed by atoms with van der Waals surface area (Å²) in [5.41, 5.74) is -0.00347. The first-order valence-corrected chi connectivity index (χ1v) is 4.48. The maximum atomic E-state index is 12.6. The van der Waals surface area contributed by atoms with E-state index in [1.54, 1.807) is 6.07 Å². The van der Waals surface area contributed by atoms with Gasteiger partial charge in [-0.15, -0.1) is 0 Å². The largest absolute Gasteiger partial charge is 0.480 e. The molecule has 16 heavy (non-hydrogen) atoms. The smallest absolute Gasteiger partial charge is 0.407 e. The number of aliphatic carboxylic acids is 1. The summed E-state index contributed by atoms with van der Waals surface area (Å²) in [5, 5.41) is 10.3. The van der Waals surface area contributed by atoms with Crippen molar-refractivity contribution in [2.24, 2.45) is 0 Å². The Morgan fingerprint density at radius 1 is 1.31 bits per heavy atom. The molecular formula is C10H10F3NO2. The molecule has 0 unspecified atom stereocenters. The van der Waals surface area contributed by atoms with E-state index in [-0.39, 0.29) is 5.56 Å². The first-order chi connectivity index (χ1) is 7.41. The Morgan fingerprint density at radius 3 is 2.31 bits per heavy atom. The van der Waals surface area contributed by atoms with Gasteiger partial charge < -0.3 is 5.11 Å². The second-order valence-electron chi connectivity index (χ2n) is 3.16. The normalized spacial score (nSPS) is 13.4. The number of halogens is 3. The van der Waals surface area contributed by atoms with Crippen LogP contribution in [0.4, 0.5) is 13.2 Å². The third-order valence-corrected chi connectivity index (χ3v) is 1.92. The van der Waals surface area contributed by atoms with Crippen molar-refractivity contribution in [2.75, 3.05) is 6.54 Å². The monoisotopic (exact) mass is 233 g/mol. The molecule has 0 saturated carbocycles. The molecule has 88 valence electrons. The van der Waals surface area contributed by atoms with Gasteiger partial charge in [-0.3, -0.25) is 10.1 Å². The Balaban J connectivity index is 2.84. The molecule has 0 fully saturated rings. The molecule has 0 spiro atoms. The zero-order valence-corrected chi connectivity index (χ0v) is 8.16. The van der Waals surface area contributed by atoms with E-state index >= 15 is 0 Å². The first kappa shape index (κ1) is 12.5. The average Bonchev–Trinajstić information content (AvgIpc) is 2.17. The van der Waals surface area contributed by atoms with Crippen LogP contribution < -0.4 is 5.32 Å². The molecule has 0 bridgehead atoms. The average molecular weight is 233 g/mol. The molecule has 0 radical (unpaired) electrons. The standard InChI is InChI=1S/C10H10F3NO2/c11-10(12,13)9(14-6-8(15)16)7-4-2-1-3-5-7/h1-5,9,14H,6H2,(H,15,16)/t9-/m0/s1. The van der Waals surface area contributed by atoms with Crippen molar-refractivity contribution in [1.29, 1.82) is 0 Å². The van der Waals surface area contributed by atoms with Crippen LogP contribution in [0.2, 0.25) is 0 Å². The van der Waals surface area contributed by atoms with Crippen LogP contribution in [0.5, 0.6) is 0 Å². The number of nitrogens with one attached hydrogen (secondary N) is 1. The molecule has 0 aliphatic carbocycles. The quantitative estimate of drug-likeness (QED) is 0.835. The number of carboxylic acids is 1. The summed E-state index contributed by atoms with van der Waals surface area (Å²) in [6.45, 7) is -0.737. The van der Waals surface area contributed by atoms with E-state index < -0.39 is 24.7 Å². The van der Waals surface area contributed by atoms with E-state index in [1.165, 1.54) is 24.3 Å². The van der Waals surface area contributed by atoms with Gasteiger partial charge >= 0.3 is 12.1 Å². The lowest BCUT2D eigenvalue weighted by Gasteiger charge is -2.21. The molecule has 0 aliphatic rings. The summed E-state index contributed by atoms with van der Waals surface area (Å²) >= 11 is 0. The van der Waals surface area contributed by atoms with Crippen LogP contribution in [0.1, 0.15) is 11.6 Å². The summed E-state index contributed by atoms with van der Waals surface area (Å²) in [4.78, 5) is 10.2. The van der Waals surface area contributed by atoms with Gasteiger partial charge in [0.25, 0.3) is 0 Å². The topological polar surface area (TPSA) is 49.3 Å². The van der Waals surface area contributed by atoms with Crippen LogP contribution in [0.25, 0.3) is 0 Å². The van der Waals surface area contributed by atoms with Crippen molar-refractivity contribution >= 4 is 5.97 Å². The molecule has 0 amide bonds. The minimum Gasteiger partial charge on any atom is -0.480 e. The number of alkyl halides is 3. The number of hydrogen-bond donors (Lipinski definition) is 2. The minimum absolute atomic E-state index is 0.00347. The van der Waals surface area contributed by atoms with Crippen LogP contribution in [0.15, 0.2) is 30.3 Å². The van der Waals surface area contributed by atoms with E-state index in [0.717, 1.165) is 0 Å². The van der Waals surface area contributed by atoms with Gasteiger partial charge in [-0.25, -0.2) is 0 Å². The number of benzene rings is 1. The van der Waals surface area contributed by atoms with E-state index in [2.05, 4.69) is 0 Å². The third kappa shape index (κ3) is 3.54. The molecule has 6 heteroatoms. The van der Waals surface area contributed by atoms with Crippen LogP contribution in [-0.2, 0) is 4.79 Å². The van der Waals surface area contributed by atoms with Crippen molar-refractivity contribution in [3.8, 4) is 0 Å². The lowest BCUT2D eigenvalue weighted by atomic mass is 10.1. The molecule has 0 aliphatic heterocycles. The van der Waals surface area contributed by atoms with Crippen molar-refractivity contribution in [3.05, 3.63) is 35.9 Å². The van der Waals surface area contributed by atoms with Crippen molar-refractivity contribution in [1.82, 2.24) is 5.32 Å². The maximum absolute atomic E-state index is 12.6. The summed E-state index contributed by atoms with van der Waals surface area (Å²) in [6, 6.07) is 5.17. The van der Waals surface area contributed by atoms with Gasteiger partial charge in [0.1, 0.15) is 6.04 Å². The number of carboxylic acid groups (broad SMARTS) is 1. The van der Waals surface area contributed by atoms with E-state index in [4.69, 9.17) is 5.11 Å². The van der Waals surface area contributed by atoms with Crippen molar-refractivity contribution < 1.29 is 23.1 Å². The van der Waals surface area contributed by atoms with Crippen molar-refractivity contribution in [3.63, 3.8) is 0 Å². The Hall–Kier alpha value is -1.56. The molecule has 0 aromatic heterocycles. The van der Waals surface area contributed by atoms with Gasteiger partial charge in [-0.1, -0.05) is 30.3 Å². The number of carbonyl (C=O) groups is 1. The highest BCUT2D eigenvalue weighted by Crippen LogP contribution is 2.32. The van der Waals surface area contributed by atoms with E-state index in [1.807, 2.05) is 5.32 Å². The summed E-state index contributed by atoms with van der Waals surface area (Å²) < 4.78 is 37.8. The Labute approximate surface area is 89.9 Å². The summed E-state index contributed by atoms with van der Waals surface area (Å²) in [5.74, 6) is -1.33. The molecular weight excluding hydrogens is 223 g/mol. The van der Waals surface area contributed by atoms with E-state index in [9.17, 15) is 18.0 Å². The zero-order valence-electron chi connectivity index (χ0n) is 8.16. The van der Waals surface area contributed by atoms with Gasteiger partial charge in [0.05, 0.1) is 6.54 Å². The molecule has 0 heterocycles. The van der Waals surface area contributed by atoms with Gasteiger partial charge in [-0.2, -0.15) is 13.2 Å². The van der Waals surface area contributed by atoms with Gasteiger partial charge in [-0.05, 0) is 5.56 Å². The molecule has 1 rings (SSSR count). The van der Waals surface area contributed by atoms with Crippen molar-refractivity contribution in [2.45, 2.75) is 12.2 Å².